The van der Waals surface area contributed by atoms with E-state index >= 15 is 0 Å². The molecule has 1 atom stereocenters. The van der Waals surface area contributed by atoms with Crippen molar-refractivity contribution >= 4 is 17.3 Å². The number of nitrogens with two attached hydrogens (primary N) is 1. The summed E-state index contributed by atoms with van der Waals surface area (Å²) in [5.41, 5.74) is 6.99. The van der Waals surface area contributed by atoms with Crippen LogP contribution >= 0.6 is 0 Å². The van der Waals surface area contributed by atoms with Crippen molar-refractivity contribution in [1.29, 1.82) is 0 Å². The first-order chi connectivity index (χ1) is 8.06. The summed E-state index contributed by atoms with van der Waals surface area (Å²) in [6.45, 7) is 4.13. The first-order valence-electron chi connectivity index (χ1n) is 5.80. The van der Waals surface area contributed by atoms with Crippen LogP contribution in [0.1, 0.15) is 26.7 Å². The van der Waals surface area contributed by atoms with Crippen LogP contribution in [0.2, 0.25) is 0 Å². The zero-order chi connectivity index (χ0) is 12.8. The number of nitrogen functional groups attached to an aromatic ring is 1. The highest BCUT2D eigenvalue weighted by Gasteiger charge is 2.08. The Morgan fingerprint density at radius 1 is 1.53 bits per heavy atom. The van der Waals surface area contributed by atoms with E-state index in [1.807, 2.05) is 0 Å². The van der Waals surface area contributed by atoms with Crippen LogP contribution in [-0.4, -0.2) is 13.0 Å². The zero-order valence-electron chi connectivity index (χ0n) is 10.6. The molecule has 1 unspecified atom stereocenters. The molecule has 0 fully saturated rings. The highest BCUT2D eigenvalue weighted by molar-refractivity contribution is 5.91. The summed E-state index contributed by atoms with van der Waals surface area (Å²) < 4.78 is 5.05. The average molecular weight is 236 g/mol. The van der Waals surface area contributed by atoms with Gasteiger partial charge < -0.3 is 15.8 Å². The van der Waals surface area contributed by atoms with Crippen LogP contribution in [0.3, 0.4) is 0 Å². The van der Waals surface area contributed by atoms with Crippen molar-refractivity contribution in [2.75, 3.05) is 18.2 Å². The molecule has 0 aliphatic heterocycles. The van der Waals surface area contributed by atoms with Crippen molar-refractivity contribution in [3.05, 3.63) is 18.2 Å². The number of ether oxygens (including phenoxy) is 1. The third-order valence-corrected chi connectivity index (χ3v) is 2.74. The van der Waals surface area contributed by atoms with Crippen LogP contribution in [0, 0.1) is 5.92 Å². The predicted octanol–water partition coefficient (Wildman–Crippen LogP) is 2.65. The topological polar surface area (TPSA) is 64.3 Å². The van der Waals surface area contributed by atoms with E-state index in [1.165, 1.54) is 0 Å². The van der Waals surface area contributed by atoms with E-state index < -0.39 is 0 Å². The number of amides is 1. The quantitative estimate of drug-likeness (QED) is 0.772. The van der Waals surface area contributed by atoms with Gasteiger partial charge >= 0.3 is 0 Å². The lowest BCUT2D eigenvalue weighted by atomic mass is 10.1. The van der Waals surface area contributed by atoms with Gasteiger partial charge in [0.25, 0.3) is 0 Å². The molecule has 1 aromatic rings. The van der Waals surface area contributed by atoms with Crippen molar-refractivity contribution in [2.45, 2.75) is 26.7 Å². The van der Waals surface area contributed by atoms with Crippen LogP contribution in [0.15, 0.2) is 18.2 Å². The van der Waals surface area contributed by atoms with E-state index in [0.717, 1.165) is 6.42 Å². The third-order valence-electron chi connectivity index (χ3n) is 2.74. The number of methoxy groups -OCH3 is 1. The maximum atomic E-state index is 11.7. The minimum absolute atomic E-state index is 0.0175. The maximum Gasteiger partial charge on any atom is 0.224 e. The molecule has 1 amide bonds. The first kappa shape index (κ1) is 13.4. The van der Waals surface area contributed by atoms with Gasteiger partial charge in [0.1, 0.15) is 5.75 Å². The molecule has 3 N–H and O–H groups in total. The second-order valence-corrected chi connectivity index (χ2v) is 4.22. The highest BCUT2D eigenvalue weighted by Crippen LogP contribution is 2.24. The molecular formula is C13H20N2O2. The molecule has 1 aromatic carbocycles. The van der Waals surface area contributed by atoms with E-state index in [-0.39, 0.29) is 5.91 Å². The van der Waals surface area contributed by atoms with Crippen molar-refractivity contribution in [3.63, 3.8) is 0 Å². The summed E-state index contributed by atoms with van der Waals surface area (Å²) in [6.07, 6.45) is 1.53. The molecule has 0 aliphatic rings. The monoisotopic (exact) mass is 236 g/mol. The van der Waals surface area contributed by atoms with Crippen molar-refractivity contribution in [2.24, 2.45) is 5.92 Å². The zero-order valence-corrected chi connectivity index (χ0v) is 10.6. The number of hydrogen-bond acceptors (Lipinski definition) is 3. The van der Waals surface area contributed by atoms with Gasteiger partial charge in [0, 0.05) is 12.1 Å². The third kappa shape index (κ3) is 3.98. The molecule has 0 radical (unpaired) electrons. The molecule has 0 heterocycles. The molecule has 0 saturated carbocycles. The Balaban J connectivity index is 2.63. The molecule has 0 aliphatic carbocycles. The highest BCUT2D eigenvalue weighted by atomic mass is 16.5. The maximum absolute atomic E-state index is 11.7. The average Bonchev–Trinajstić information content (AvgIpc) is 2.29. The standard InChI is InChI=1S/C13H20N2O2/c1-4-9(2)7-13(16)15-10-5-6-12(17-3)11(14)8-10/h5-6,8-9H,4,7,14H2,1-3H3,(H,15,16). The molecule has 0 spiro atoms. The van der Waals surface area contributed by atoms with E-state index in [0.29, 0.717) is 29.5 Å². The Kier molecular flexibility index (Phi) is 4.82. The van der Waals surface area contributed by atoms with Gasteiger partial charge in [-0.3, -0.25) is 4.79 Å². The van der Waals surface area contributed by atoms with Crippen molar-refractivity contribution in [1.82, 2.24) is 0 Å². The van der Waals surface area contributed by atoms with Crippen LogP contribution < -0.4 is 15.8 Å². The van der Waals surface area contributed by atoms with Crippen molar-refractivity contribution in [3.8, 4) is 5.75 Å². The van der Waals surface area contributed by atoms with Crippen LogP contribution in [-0.2, 0) is 4.79 Å². The largest absolute Gasteiger partial charge is 0.495 e. The molecule has 1 rings (SSSR count). The number of benzene rings is 1. The van der Waals surface area contributed by atoms with Gasteiger partial charge in [-0.05, 0) is 24.1 Å². The Labute approximate surface area is 102 Å². The summed E-state index contributed by atoms with van der Waals surface area (Å²) in [6, 6.07) is 5.23. The Bertz CT molecular complexity index is 391. The van der Waals surface area contributed by atoms with Gasteiger partial charge in [-0.15, -0.1) is 0 Å². The van der Waals surface area contributed by atoms with Gasteiger partial charge in [0.05, 0.1) is 12.8 Å². The number of carbonyl (C=O) groups is 1. The fraction of sp³-hybridized carbons (Fsp3) is 0.462. The molecule has 94 valence electrons. The second kappa shape index (κ2) is 6.13. The number of rotatable bonds is 5. The predicted molar refractivity (Wildman–Crippen MR) is 70.1 cm³/mol. The fourth-order valence-electron chi connectivity index (χ4n) is 1.48. The van der Waals surface area contributed by atoms with E-state index in [9.17, 15) is 4.79 Å². The van der Waals surface area contributed by atoms with Gasteiger partial charge in [-0.1, -0.05) is 20.3 Å². The molecule has 0 aromatic heterocycles. The van der Waals surface area contributed by atoms with Gasteiger partial charge in [0.2, 0.25) is 5.91 Å². The van der Waals surface area contributed by atoms with Gasteiger partial charge in [0.15, 0.2) is 0 Å². The normalized spacial score (nSPS) is 11.9. The summed E-state index contributed by atoms with van der Waals surface area (Å²) in [5, 5.41) is 2.82. The van der Waals surface area contributed by atoms with Crippen LogP contribution in [0.4, 0.5) is 11.4 Å². The fourth-order valence-corrected chi connectivity index (χ4v) is 1.48. The SMILES string of the molecule is CCC(C)CC(=O)Nc1ccc(OC)c(N)c1. The lowest BCUT2D eigenvalue weighted by Crippen LogP contribution is -2.14. The first-order valence-corrected chi connectivity index (χ1v) is 5.80. The number of hydrogen-bond donors (Lipinski definition) is 2. The molecule has 4 nitrogen and oxygen atoms in total. The lowest BCUT2D eigenvalue weighted by Gasteiger charge is -2.11. The molecule has 17 heavy (non-hydrogen) atoms. The number of anilines is 2. The smallest absolute Gasteiger partial charge is 0.224 e. The minimum atomic E-state index is 0.0175. The van der Waals surface area contributed by atoms with Gasteiger partial charge in [-0.25, -0.2) is 0 Å². The molecule has 4 heteroatoms. The number of nitrogens with one attached hydrogen (secondary N) is 1. The minimum Gasteiger partial charge on any atom is -0.495 e. The molecule has 0 saturated heterocycles. The van der Waals surface area contributed by atoms with E-state index in [2.05, 4.69) is 19.2 Å². The summed E-state index contributed by atoms with van der Waals surface area (Å²) in [7, 11) is 1.56. The Hall–Kier alpha value is -1.71. The van der Waals surface area contributed by atoms with Crippen molar-refractivity contribution < 1.29 is 9.53 Å². The van der Waals surface area contributed by atoms with E-state index in [4.69, 9.17) is 10.5 Å². The Morgan fingerprint density at radius 2 is 2.24 bits per heavy atom. The van der Waals surface area contributed by atoms with Crippen LogP contribution in [0.25, 0.3) is 0 Å². The summed E-state index contributed by atoms with van der Waals surface area (Å²) >= 11 is 0. The Morgan fingerprint density at radius 3 is 2.76 bits per heavy atom. The summed E-state index contributed by atoms with van der Waals surface area (Å²) in [5.74, 6) is 1.03. The summed E-state index contributed by atoms with van der Waals surface area (Å²) in [4.78, 5) is 11.7. The van der Waals surface area contributed by atoms with Crippen LogP contribution in [0.5, 0.6) is 5.75 Å². The van der Waals surface area contributed by atoms with Gasteiger partial charge in [-0.2, -0.15) is 0 Å². The van der Waals surface area contributed by atoms with E-state index in [1.54, 1.807) is 25.3 Å². The molecule has 0 bridgehead atoms. The lowest BCUT2D eigenvalue weighted by molar-refractivity contribution is -0.117. The second-order valence-electron chi connectivity index (χ2n) is 4.22. The molecular weight excluding hydrogens is 216 g/mol. The number of carbonyl (C=O) groups excluding carboxylic acids is 1.